The van der Waals surface area contributed by atoms with Gasteiger partial charge >= 0.3 is 12.5 Å². The van der Waals surface area contributed by atoms with E-state index in [4.69, 9.17) is 11.6 Å². The predicted molar refractivity (Wildman–Crippen MR) is 50.9 cm³/mol. The monoisotopic (exact) mass is 307 g/mol. The summed E-state index contributed by atoms with van der Waals surface area (Å²) in [6, 6.07) is 0.157. The van der Waals surface area contributed by atoms with E-state index < -0.39 is 41.1 Å². The summed E-state index contributed by atoms with van der Waals surface area (Å²) in [6.45, 7) is 0. The molecule has 1 heterocycles. The molecule has 0 aliphatic carbocycles. The molecule has 0 spiro atoms. The Labute approximate surface area is 107 Å². The number of hydrogen-bond donors (Lipinski definition) is 0. The fourth-order valence-electron chi connectivity index (χ4n) is 1.20. The molecule has 10 heteroatoms. The van der Waals surface area contributed by atoms with Gasteiger partial charge in [0.1, 0.15) is 11.3 Å². The van der Waals surface area contributed by atoms with E-state index in [0.717, 1.165) is 0 Å². The Hall–Kier alpha value is -1.51. The highest BCUT2D eigenvalue weighted by molar-refractivity contribution is 6.17. The molecule has 1 aromatic rings. The molecule has 0 bridgehead atoms. The van der Waals surface area contributed by atoms with Gasteiger partial charge in [-0.1, -0.05) is 0 Å². The number of aldehydes is 1. The van der Waals surface area contributed by atoms with E-state index in [1.54, 1.807) is 0 Å². The third-order valence-electron chi connectivity index (χ3n) is 1.83. The maximum Gasteiger partial charge on any atom is 0.573 e. The molecule has 0 N–H and O–H groups in total. The lowest BCUT2D eigenvalue weighted by Crippen LogP contribution is -2.22. The van der Waals surface area contributed by atoms with Gasteiger partial charge in [0, 0.05) is 0 Å². The number of carbonyl (C=O) groups excluding carboxylic acids is 1. The fourth-order valence-corrected chi connectivity index (χ4v) is 1.38. The molecule has 3 nitrogen and oxygen atoms in total. The third-order valence-corrected chi connectivity index (χ3v) is 2.09. The van der Waals surface area contributed by atoms with Crippen molar-refractivity contribution in [3.05, 3.63) is 23.0 Å². The Morgan fingerprint density at radius 1 is 1.26 bits per heavy atom. The summed E-state index contributed by atoms with van der Waals surface area (Å²) >= 11 is 5.22. The maximum absolute atomic E-state index is 12.6. The predicted octanol–water partition coefficient (Wildman–Crippen LogP) is 3.55. The molecule has 0 aliphatic rings. The van der Waals surface area contributed by atoms with Crippen LogP contribution in [0, 0.1) is 0 Å². The molecular weight excluding hydrogens is 304 g/mol. The van der Waals surface area contributed by atoms with Crippen LogP contribution in [0.5, 0.6) is 5.75 Å². The number of carbonyl (C=O) groups is 1. The average molecular weight is 308 g/mol. The summed E-state index contributed by atoms with van der Waals surface area (Å²) in [5, 5.41) is 0. The summed E-state index contributed by atoms with van der Waals surface area (Å²) in [6.07, 6.45) is -10.5. The number of hydrogen-bond acceptors (Lipinski definition) is 3. The van der Waals surface area contributed by atoms with Crippen LogP contribution in [0.15, 0.2) is 6.07 Å². The van der Waals surface area contributed by atoms with Gasteiger partial charge in [0.15, 0.2) is 12.0 Å². The van der Waals surface area contributed by atoms with Gasteiger partial charge in [-0.05, 0) is 6.07 Å². The number of pyridine rings is 1. The summed E-state index contributed by atoms with van der Waals surface area (Å²) in [7, 11) is 0. The zero-order chi connectivity index (χ0) is 14.8. The molecule has 0 radical (unpaired) electrons. The van der Waals surface area contributed by atoms with Crippen molar-refractivity contribution in [3.8, 4) is 5.75 Å². The molecule has 1 aromatic heterocycles. The first kappa shape index (κ1) is 15.5. The number of nitrogens with zero attached hydrogens (tertiary/aromatic N) is 1. The molecule has 19 heavy (non-hydrogen) atoms. The van der Waals surface area contributed by atoms with Crippen LogP contribution in [0.2, 0.25) is 0 Å². The van der Waals surface area contributed by atoms with E-state index in [1.165, 1.54) is 0 Å². The first-order valence-corrected chi connectivity index (χ1v) is 5.00. The van der Waals surface area contributed by atoms with Crippen LogP contribution in [-0.4, -0.2) is 17.6 Å². The minimum atomic E-state index is -5.34. The summed E-state index contributed by atoms with van der Waals surface area (Å²) in [5.41, 5.74) is -3.29. The summed E-state index contributed by atoms with van der Waals surface area (Å²) in [5.74, 6) is -2.34. The van der Waals surface area contributed by atoms with Gasteiger partial charge < -0.3 is 4.74 Å². The van der Waals surface area contributed by atoms with Crippen LogP contribution in [0.4, 0.5) is 26.3 Å². The van der Waals surface area contributed by atoms with E-state index >= 15 is 0 Å². The van der Waals surface area contributed by atoms with Gasteiger partial charge in [-0.2, -0.15) is 13.2 Å². The molecule has 0 unspecified atom stereocenters. The lowest BCUT2D eigenvalue weighted by molar-refractivity contribution is -0.276. The van der Waals surface area contributed by atoms with Crippen LogP contribution < -0.4 is 4.74 Å². The van der Waals surface area contributed by atoms with Crippen molar-refractivity contribution in [2.75, 3.05) is 0 Å². The highest BCUT2D eigenvalue weighted by Gasteiger charge is 2.41. The topological polar surface area (TPSA) is 39.2 Å². The van der Waals surface area contributed by atoms with Crippen molar-refractivity contribution in [2.45, 2.75) is 18.4 Å². The van der Waals surface area contributed by atoms with Crippen LogP contribution in [0.25, 0.3) is 0 Å². The van der Waals surface area contributed by atoms with Crippen LogP contribution in [-0.2, 0) is 12.1 Å². The van der Waals surface area contributed by atoms with E-state index in [2.05, 4.69) is 9.72 Å². The van der Waals surface area contributed by atoms with Crippen molar-refractivity contribution in [2.24, 2.45) is 0 Å². The average Bonchev–Trinajstić information content (AvgIpc) is 2.25. The lowest BCUT2D eigenvalue weighted by Gasteiger charge is -2.17. The Morgan fingerprint density at radius 2 is 1.84 bits per heavy atom. The van der Waals surface area contributed by atoms with Gasteiger partial charge in [-0.15, -0.1) is 24.8 Å². The molecule has 0 aromatic carbocycles. The normalized spacial score (nSPS) is 12.4. The molecular formula is C9H4ClF6NO2. The SMILES string of the molecule is O=Cc1cc(C(F)(F)F)c(OC(F)(F)F)c(CCl)n1. The molecule has 0 aliphatic heterocycles. The Bertz CT molecular complexity index is 485. The smallest absolute Gasteiger partial charge is 0.403 e. The Kier molecular flexibility index (Phi) is 4.28. The molecule has 1 rings (SSSR count). The first-order valence-electron chi connectivity index (χ1n) is 4.46. The number of ether oxygens (including phenoxy) is 1. The minimum absolute atomic E-state index is 0.0390. The second-order valence-electron chi connectivity index (χ2n) is 3.17. The lowest BCUT2D eigenvalue weighted by atomic mass is 10.1. The van der Waals surface area contributed by atoms with E-state index in [0.29, 0.717) is 0 Å². The van der Waals surface area contributed by atoms with Gasteiger partial charge in [0.05, 0.1) is 11.6 Å². The van der Waals surface area contributed by atoms with E-state index in [9.17, 15) is 31.1 Å². The van der Waals surface area contributed by atoms with Crippen molar-refractivity contribution in [1.29, 1.82) is 0 Å². The number of aromatic nitrogens is 1. The van der Waals surface area contributed by atoms with E-state index in [-0.39, 0.29) is 12.4 Å². The zero-order valence-corrected chi connectivity index (χ0v) is 9.53. The highest BCUT2D eigenvalue weighted by Crippen LogP contribution is 2.40. The van der Waals surface area contributed by atoms with Gasteiger partial charge in [-0.3, -0.25) is 4.79 Å². The molecule has 0 saturated heterocycles. The van der Waals surface area contributed by atoms with Crippen LogP contribution in [0.1, 0.15) is 21.7 Å². The fraction of sp³-hybridized carbons (Fsp3) is 0.333. The Morgan fingerprint density at radius 3 is 2.21 bits per heavy atom. The largest absolute Gasteiger partial charge is 0.573 e. The van der Waals surface area contributed by atoms with Gasteiger partial charge in [-0.25, -0.2) is 4.98 Å². The molecule has 0 saturated carbocycles. The summed E-state index contributed by atoms with van der Waals surface area (Å²) in [4.78, 5) is 13.7. The molecule has 0 atom stereocenters. The van der Waals surface area contributed by atoms with Gasteiger partial charge in [0.25, 0.3) is 0 Å². The maximum atomic E-state index is 12.6. The number of alkyl halides is 7. The molecule has 0 amide bonds. The number of halogens is 7. The van der Waals surface area contributed by atoms with Crippen molar-refractivity contribution < 1.29 is 35.9 Å². The first-order chi connectivity index (χ1) is 8.58. The minimum Gasteiger partial charge on any atom is -0.403 e. The quantitative estimate of drug-likeness (QED) is 0.487. The second-order valence-corrected chi connectivity index (χ2v) is 3.43. The van der Waals surface area contributed by atoms with Crippen molar-refractivity contribution in [3.63, 3.8) is 0 Å². The Balaban J connectivity index is 3.51. The standard InChI is InChI=1S/C9H4ClF6NO2/c10-2-6-7(19-9(14,15)16)5(8(11,12)13)1-4(3-18)17-6/h1,3H,2H2. The van der Waals surface area contributed by atoms with Crippen molar-refractivity contribution >= 4 is 17.9 Å². The van der Waals surface area contributed by atoms with Gasteiger partial charge in [0.2, 0.25) is 0 Å². The summed E-state index contributed by atoms with van der Waals surface area (Å²) < 4.78 is 77.4. The van der Waals surface area contributed by atoms with E-state index in [1.807, 2.05) is 0 Å². The van der Waals surface area contributed by atoms with Crippen molar-refractivity contribution in [1.82, 2.24) is 4.98 Å². The van der Waals surface area contributed by atoms with Crippen LogP contribution in [0.3, 0.4) is 0 Å². The molecule has 106 valence electrons. The second kappa shape index (κ2) is 5.24. The number of rotatable bonds is 3. The zero-order valence-electron chi connectivity index (χ0n) is 8.77. The highest BCUT2D eigenvalue weighted by atomic mass is 35.5. The molecule has 0 fully saturated rings. The van der Waals surface area contributed by atoms with Crippen LogP contribution >= 0.6 is 11.6 Å². The third kappa shape index (κ3) is 3.98.